The van der Waals surface area contributed by atoms with Crippen LogP contribution in [-0.2, 0) is 0 Å². The van der Waals surface area contributed by atoms with E-state index in [4.69, 9.17) is 0 Å². The van der Waals surface area contributed by atoms with E-state index in [0.29, 0.717) is 0 Å². The molecule has 0 fully saturated rings. The smallest absolute Gasteiger partial charge is 0.0907 e. The fourth-order valence-electron chi connectivity index (χ4n) is 2.23. The molecule has 0 aliphatic rings. The van der Waals surface area contributed by atoms with Crippen molar-refractivity contribution >= 4 is 48.6 Å². The molecule has 0 bridgehead atoms. The molecule has 3 nitrogen and oxygen atoms in total. The third-order valence-electron chi connectivity index (χ3n) is 3.28. The van der Waals surface area contributed by atoms with Gasteiger partial charge in [0.05, 0.1) is 11.0 Å². The molecule has 1 heterocycles. The Bertz CT molecular complexity index is 789. The molecule has 1 N–H and O–H groups in total. The van der Waals surface area contributed by atoms with Crippen molar-refractivity contribution in [1.82, 2.24) is 9.97 Å². The summed E-state index contributed by atoms with van der Waals surface area (Å²) in [5.41, 5.74) is 4.04. The minimum absolute atomic E-state index is 0.182. The van der Waals surface area contributed by atoms with Crippen molar-refractivity contribution < 1.29 is 0 Å². The summed E-state index contributed by atoms with van der Waals surface area (Å²) in [6.45, 7) is 2.13. The summed E-state index contributed by atoms with van der Waals surface area (Å²) in [5, 5.41) is 3.50. The van der Waals surface area contributed by atoms with Gasteiger partial charge in [0.2, 0.25) is 0 Å². The molecule has 106 valence electrons. The highest BCUT2D eigenvalue weighted by atomic mass is 79.9. The number of rotatable bonds is 3. The summed E-state index contributed by atoms with van der Waals surface area (Å²) in [6, 6.07) is 12.4. The van der Waals surface area contributed by atoms with E-state index in [0.717, 1.165) is 25.7 Å². The topological polar surface area (TPSA) is 37.8 Å². The molecule has 21 heavy (non-hydrogen) atoms. The fraction of sp³-hybridized carbons (Fsp3) is 0.125. The Labute approximate surface area is 140 Å². The average molecular weight is 407 g/mol. The van der Waals surface area contributed by atoms with Gasteiger partial charge in [-0.25, -0.2) is 0 Å². The van der Waals surface area contributed by atoms with Crippen molar-refractivity contribution in [2.45, 2.75) is 13.0 Å². The molecule has 5 heteroatoms. The van der Waals surface area contributed by atoms with Crippen molar-refractivity contribution in [3.63, 3.8) is 0 Å². The van der Waals surface area contributed by atoms with E-state index in [1.54, 1.807) is 12.4 Å². The first-order valence-electron chi connectivity index (χ1n) is 6.56. The quantitative estimate of drug-likeness (QED) is 0.638. The van der Waals surface area contributed by atoms with Gasteiger partial charge in [0.15, 0.2) is 0 Å². The second kappa shape index (κ2) is 6.12. The molecule has 1 atom stereocenters. The lowest BCUT2D eigenvalue weighted by molar-refractivity contribution is 0.878. The summed E-state index contributed by atoms with van der Waals surface area (Å²) >= 11 is 7.08. The van der Waals surface area contributed by atoms with Gasteiger partial charge in [-0.3, -0.25) is 9.97 Å². The number of benzene rings is 2. The van der Waals surface area contributed by atoms with Gasteiger partial charge in [-0.05, 0) is 42.8 Å². The van der Waals surface area contributed by atoms with Gasteiger partial charge >= 0.3 is 0 Å². The highest BCUT2D eigenvalue weighted by Crippen LogP contribution is 2.29. The molecule has 3 aromatic rings. The molecule has 1 unspecified atom stereocenters. The SMILES string of the molecule is CC(Nc1ccc2nccnc2c1)c1ccc(Br)cc1Br. The van der Waals surface area contributed by atoms with Crippen LogP contribution in [0.3, 0.4) is 0 Å². The normalized spacial score (nSPS) is 12.3. The van der Waals surface area contributed by atoms with Gasteiger partial charge < -0.3 is 5.32 Å². The van der Waals surface area contributed by atoms with E-state index in [1.165, 1.54) is 5.56 Å². The van der Waals surface area contributed by atoms with Crippen LogP contribution in [0.2, 0.25) is 0 Å². The van der Waals surface area contributed by atoms with Crippen LogP contribution in [-0.4, -0.2) is 9.97 Å². The van der Waals surface area contributed by atoms with Gasteiger partial charge in [0, 0.05) is 33.1 Å². The van der Waals surface area contributed by atoms with Crippen LogP contribution in [0.15, 0.2) is 57.7 Å². The second-order valence-corrected chi connectivity index (χ2v) is 6.56. The number of halogens is 2. The number of nitrogens with zero attached hydrogens (tertiary/aromatic N) is 2. The third kappa shape index (κ3) is 3.24. The number of anilines is 1. The van der Waals surface area contributed by atoms with Crippen molar-refractivity contribution in [3.8, 4) is 0 Å². The highest BCUT2D eigenvalue weighted by Gasteiger charge is 2.10. The van der Waals surface area contributed by atoms with Crippen LogP contribution in [0.4, 0.5) is 5.69 Å². The van der Waals surface area contributed by atoms with Crippen molar-refractivity contribution in [1.29, 1.82) is 0 Å². The van der Waals surface area contributed by atoms with Crippen LogP contribution < -0.4 is 5.32 Å². The molecular formula is C16H13Br2N3. The largest absolute Gasteiger partial charge is 0.378 e. The molecular weight excluding hydrogens is 394 g/mol. The predicted molar refractivity (Wildman–Crippen MR) is 93.4 cm³/mol. The van der Waals surface area contributed by atoms with Crippen LogP contribution >= 0.6 is 31.9 Å². The summed E-state index contributed by atoms with van der Waals surface area (Å²) in [5.74, 6) is 0. The predicted octanol–water partition coefficient (Wildman–Crippen LogP) is 5.33. The first-order chi connectivity index (χ1) is 10.1. The van der Waals surface area contributed by atoms with Crippen LogP contribution in [0.1, 0.15) is 18.5 Å². The maximum atomic E-state index is 4.33. The number of nitrogens with one attached hydrogen (secondary N) is 1. The van der Waals surface area contributed by atoms with Crippen molar-refractivity contribution in [3.05, 3.63) is 63.3 Å². The summed E-state index contributed by atoms with van der Waals surface area (Å²) in [6.07, 6.45) is 3.41. The zero-order chi connectivity index (χ0) is 14.8. The Hall–Kier alpha value is -1.46. The molecule has 2 aromatic carbocycles. The zero-order valence-corrected chi connectivity index (χ0v) is 14.5. The molecule has 0 aliphatic heterocycles. The minimum Gasteiger partial charge on any atom is -0.378 e. The molecule has 0 saturated carbocycles. The second-order valence-electron chi connectivity index (χ2n) is 4.79. The summed E-state index contributed by atoms with van der Waals surface area (Å²) in [7, 11) is 0. The van der Waals surface area contributed by atoms with Crippen LogP contribution in [0, 0.1) is 0 Å². The highest BCUT2D eigenvalue weighted by molar-refractivity contribution is 9.11. The lowest BCUT2D eigenvalue weighted by atomic mass is 10.1. The number of fused-ring (bicyclic) bond motifs is 1. The average Bonchev–Trinajstić information content (AvgIpc) is 2.47. The number of aromatic nitrogens is 2. The Morgan fingerprint density at radius 3 is 2.48 bits per heavy atom. The third-order valence-corrected chi connectivity index (χ3v) is 4.46. The Balaban J connectivity index is 1.87. The number of hydrogen-bond acceptors (Lipinski definition) is 3. The van der Waals surface area contributed by atoms with E-state index in [-0.39, 0.29) is 6.04 Å². The van der Waals surface area contributed by atoms with E-state index in [2.05, 4.69) is 66.2 Å². The van der Waals surface area contributed by atoms with Crippen LogP contribution in [0.25, 0.3) is 11.0 Å². The van der Waals surface area contributed by atoms with E-state index in [9.17, 15) is 0 Å². The monoisotopic (exact) mass is 405 g/mol. The Kier molecular flexibility index (Phi) is 4.22. The Morgan fingerprint density at radius 1 is 0.952 bits per heavy atom. The van der Waals surface area contributed by atoms with Crippen LogP contribution in [0.5, 0.6) is 0 Å². The lowest BCUT2D eigenvalue weighted by Crippen LogP contribution is -2.07. The molecule has 1 aromatic heterocycles. The first kappa shape index (κ1) is 14.5. The van der Waals surface area contributed by atoms with Gasteiger partial charge in [0.25, 0.3) is 0 Å². The lowest BCUT2D eigenvalue weighted by Gasteiger charge is -2.17. The van der Waals surface area contributed by atoms with Crippen molar-refractivity contribution in [2.24, 2.45) is 0 Å². The molecule has 0 radical (unpaired) electrons. The first-order valence-corrected chi connectivity index (χ1v) is 8.14. The standard InChI is InChI=1S/C16H13Br2N3/c1-10(13-4-2-11(17)8-14(13)18)21-12-3-5-15-16(9-12)20-7-6-19-15/h2-10,21H,1H3. The van der Waals surface area contributed by atoms with E-state index in [1.807, 2.05) is 24.3 Å². The van der Waals surface area contributed by atoms with Gasteiger partial charge in [0.1, 0.15) is 0 Å². The fourth-order valence-corrected chi connectivity index (χ4v) is 3.62. The summed E-state index contributed by atoms with van der Waals surface area (Å²) in [4.78, 5) is 8.61. The van der Waals surface area contributed by atoms with Crippen molar-refractivity contribution in [2.75, 3.05) is 5.32 Å². The molecule has 3 rings (SSSR count). The molecule has 0 aliphatic carbocycles. The minimum atomic E-state index is 0.182. The zero-order valence-electron chi connectivity index (χ0n) is 11.3. The molecule has 0 amide bonds. The van der Waals surface area contributed by atoms with E-state index >= 15 is 0 Å². The molecule has 0 saturated heterocycles. The van der Waals surface area contributed by atoms with E-state index < -0.39 is 0 Å². The van der Waals surface area contributed by atoms with Gasteiger partial charge in [-0.2, -0.15) is 0 Å². The molecule has 0 spiro atoms. The number of hydrogen-bond donors (Lipinski definition) is 1. The maximum Gasteiger partial charge on any atom is 0.0907 e. The van der Waals surface area contributed by atoms with Gasteiger partial charge in [-0.1, -0.05) is 37.9 Å². The summed E-state index contributed by atoms with van der Waals surface area (Å²) < 4.78 is 2.14. The van der Waals surface area contributed by atoms with Gasteiger partial charge in [-0.15, -0.1) is 0 Å². The maximum absolute atomic E-state index is 4.33. The Morgan fingerprint density at radius 2 is 1.71 bits per heavy atom.